The summed E-state index contributed by atoms with van der Waals surface area (Å²) in [5, 5.41) is 6.87. The van der Waals surface area contributed by atoms with E-state index in [0.29, 0.717) is 39.1 Å². The lowest BCUT2D eigenvalue weighted by atomic mass is 10.2. The summed E-state index contributed by atoms with van der Waals surface area (Å²) in [6.07, 6.45) is 0.355. The molecular formula is C22H26N4O3S. The van der Waals surface area contributed by atoms with Crippen molar-refractivity contribution in [2.75, 3.05) is 32.7 Å². The summed E-state index contributed by atoms with van der Waals surface area (Å²) in [5.74, 6) is 0.811. The SMILES string of the molecule is Cc1csc(CC(=O)N2CCN(CC(=O)N[C@@H](C)c3cc4ccccc4o3)CC2)n1. The maximum atomic E-state index is 12.5. The number of carbonyl (C=O) groups excluding carboxylic acids is 2. The summed E-state index contributed by atoms with van der Waals surface area (Å²) < 4.78 is 5.83. The molecule has 1 aliphatic heterocycles. The van der Waals surface area contributed by atoms with Gasteiger partial charge in [0.25, 0.3) is 0 Å². The van der Waals surface area contributed by atoms with E-state index in [1.54, 1.807) is 0 Å². The molecule has 0 unspecified atom stereocenters. The minimum atomic E-state index is -0.200. The van der Waals surface area contributed by atoms with Crippen LogP contribution in [0, 0.1) is 6.92 Å². The number of hydrogen-bond donors (Lipinski definition) is 1. The lowest BCUT2D eigenvalue weighted by Crippen LogP contribution is -2.51. The molecule has 1 aromatic carbocycles. The maximum absolute atomic E-state index is 12.5. The summed E-state index contributed by atoms with van der Waals surface area (Å²) >= 11 is 1.53. The third-order valence-electron chi connectivity index (χ3n) is 5.31. The van der Waals surface area contributed by atoms with E-state index >= 15 is 0 Å². The molecule has 0 aliphatic carbocycles. The molecule has 3 heterocycles. The van der Waals surface area contributed by atoms with Gasteiger partial charge in [-0.05, 0) is 26.0 Å². The van der Waals surface area contributed by atoms with Crippen LogP contribution in [0.15, 0.2) is 40.1 Å². The van der Waals surface area contributed by atoms with Crippen LogP contribution < -0.4 is 5.32 Å². The van der Waals surface area contributed by atoms with Crippen molar-refractivity contribution in [1.82, 2.24) is 20.1 Å². The first-order valence-electron chi connectivity index (χ1n) is 10.2. The summed E-state index contributed by atoms with van der Waals surface area (Å²) in [4.78, 5) is 33.3. The number of piperazine rings is 1. The number of carbonyl (C=O) groups is 2. The fraction of sp³-hybridized carbons (Fsp3) is 0.409. The zero-order valence-electron chi connectivity index (χ0n) is 17.3. The molecule has 0 bridgehead atoms. The fourth-order valence-electron chi connectivity index (χ4n) is 3.66. The van der Waals surface area contributed by atoms with Gasteiger partial charge in [-0.2, -0.15) is 0 Å². The zero-order valence-corrected chi connectivity index (χ0v) is 18.1. The molecule has 1 atom stereocenters. The summed E-state index contributed by atoms with van der Waals surface area (Å²) in [6.45, 7) is 6.82. The minimum Gasteiger partial charge on any atom is -0.459 e. The van der Waals surface area contributed by atoms with Crippen LogP contribution in [-0.2, 0) is 16.0 Å². The Morgan fingerprint density at radius 3 is 2.70 bits per heavy atom. The molecule has 8 heteroatoms. The topological polar surface area (TPSA) is 78.7 Å². The average molecular weight is 427 g/mol. The Morgan fingerprint density at radius 1 is 1.23 bits per heavy atom. The number of aromatic nitrogens is 1. The Bertz CT molecular complexity index is 1000. The first-order valence-corrected chi connectivity index (χ1v) is 11.0. The van der Waals surface area contributed by atoms with Crippen LogP contribution in [0.5, 0.6) is 0 Å². The molecule has 2 amide bonds. The van der Waals surface area contributed by atoms with Gasteiger partial charge in [0.05, 0.1) is 19.0 Å². The Hall–Kier alpha value is -2.71. The molecule has 1 aliphatic rings. The highest BCUT2D eigenvalue weighted by Crippen LogP contribution is 2.23. The van der Waals surface area contributed by atoms with E-state index in [0.717, 1.165) is 27.4 Å². The van der Waals surface area contributed by atoms with E-state index in [1.165, 1.54) is 11.3 Å². The molecular weight excluding hydrogens is 400 g/mol. The normalized spacial score (nSPS) is 16.0. The largest absolute Gasteiger partial charge is 0.459 e. The van der Waals surface area contributed by atoms with Crippen LogP contribution >= 0.6 is 11.3 Å². The van der Waals surface area contributed by atoms with Crippen LogP contribution in [-0.4, -0.2) is 59.3 Å². The van der Waals surface area contributed by atoms with Gasteiger partial charge in [-0.15, -0.1) is 11.3 Å². The number of aryl methyl sites for hydroxylation is 1. The molecule has 1 fully saturated rings. The van der Waals surface area contributed by atoms with Crippen LogP contribution in [0.25, 0.3) is 11.0 Å². The van der Waals surface area contributed by atoms with E-state index < -0.39 is 0 Å². The highest BCUT2D eigenvalue weighted by atomic mass is 32.1. The summed E-state index contributed by atoms with van der Waals surface area (Å²) in [6, 6.07) is 9.58. The monoisotopic (exact) mass is 426 g/mol. The molecule has 1 N–H and O–H groups in total. The van der Waals surface area contributed by atoms with Crippen LogP contribution in [0.3, 0.4) is 0 Å². The first-order chi connectivity index (χ1) is 14.5. The molecule has 7 nitrogen and oxygen atoms in total. The number of hydrogen-bond acceptors (Lipinski definition) is 6. The van der Waals surface area contributed by atoms with Crippen molar-refractivity contribution in [2.24, 2.45) is 0 Å². The second-order valence-corrected chi connectivity index (χ2v) is 8.63. The van der Waals surface area contributed by atoms with Crippen molar-refractivity contribution in [1.29, 1.82) is 0 Å². The van der Waals surface area contributed by atoms with Crippen molar-refractivity contribution in [3.05, 3.63) is 52.2 Å². The van der Waals surface area contributed by atoms with E-state index in [4.69, 9.17) is 4.42 Å². The number of thiazole rings is 1. The van der Waals surface area contributed by atoms with Crippen molar-refractivity contribution >= 4 is 34.1 Å². The molecule has 3 aromatic rings. The zero-order chi connectivity index (χ0) is 21.1. The number of rotatable bonds is 6. The number of furan rings is 1. The highest BCUT2D eigenvalue weighted by Gasteiger charge is 2.24. The highest BCUT2D eigenvalue weighted by molar-refractivity contribution is 7.09. The fourth-order valence-corrected chi connectivity index (χ4v) is 4.42. The predicted octanol–water partition coefficient (Wildman–Crippen LogP) is 2.76. The second kappa shape index (κ2) is 8.97. The van der Waals surface area contributed by atoms with Gasteiger partial charge in [0.2, 0.25) is 11.8 Å². The number of nitrogens with one attached hydrogen (secondary N) is 1. The van der Waals surface area contributed by atoms with Gasteiger partial charge < -0.3 is 14.6 Å². The van der Waals surface area contributed by atoms with E-state index in [1.807, 2.05) is 54.5 Å². The van der Waals surface area contributed by atoms with Gasteiger partial charge >= 0.3 is 0 Å². The van der Waals surface area contributed by atoms with E-state index in [9.17, 15) is 9.59 Å². The van der Waals surface area contributed by atoms with Crippen LogP contribution in [0.4, 0.5) is 0 Å². The van der Waals surface area contributed by atoms with Crippen molar-refractivity contribution in [2.45, 2.75) is 26.3 Å². The third-order valence-corrected chi connectivity index (χ3v) is 6.28. The van der Waals surface area contributed by atoms with E-state index in [-0.39, 0.29) is 17.9 Å². The Kier molecular flexibility index (Phi) is 6.15. The molecule has 0 spiro atoms. The maximum Gasteiger partial charge on any atom is 0.234 e. The smallest absolute Gasteiger partial charge is 0.234 e. The van der Waals surface area contributed by atoms with E-state index in [2.05, 4.69) is 15.2 Å². The van der Waals surface area contributed by atoms with Crippen molar-refractivity contribution in [3.8, 4) is 0 Å². The number of fused-ring (bicyclic) bond motifs is 1. The lowest BCUT2D eigenvalue weighted by molar-refractivity contribution is -0.132. The Labute approximate surface area is 179 Å². The van der Waals surface area contributed by atoms with Gasteiger partial charge in [0.1, 0.15) is 16.4 Å². The predicted molar refractivity (Wildman–Crippen MR) is 116 cm³/mol. The van der Waals surface area contributed by atoms with Gasteiger partial charge in [0, 0.05) is 42.6 Å². The Balaban J connectivity index is 1.23. The quantitative estimate of drug-likeness (QED) is 0.656. The number of benzene rings is 1. The molecule has 1 saturated heterocycles. The molecule has 30 heavy (non-hydrogen) atoms. The van der Waals surface area contributed by atoms with Gasteiger partial charge in [-0.3, -0.25) is 14.5 Å². The second-order valence-electron chi connectivity index (χ2n) is 7.69. The molecule has 4 rings (SSSR count). The lowest BCUT2D eigenvalue weighted by Gasteiger charge is -2.34. The van der Waals surface area contributed by atoms with Crippen molar-refractivity contribution in [3.63, 3.8) is 0 Å². The third kappa shape index (κ3) is 4.88. The average Bonchev–Trinajstić information content (AvgIpc) is 3.34. The molecule has 158 valence electrons. The molecule has 0 radical (unpaired) electrons. The number of amides is 2. The Morgan fingerprint density at radius 2 is 2.00 bits per heavy atom. The molecule has 2 aromatic heterocycles. The van der Waals surface area contributed by atoms with Crippen molar-refractivity contribution < 1.29 is 14.0 Å². The number of para-hydroxylation sites is 1. The molecule has 0 saturated carbocycles. The van der Waals surface area contributed by atoms with Gasteiger partial charge in [-0.25, -0.2) is 4.98 Å². The van der Waals surface area contributed by atoms with Crippen LogP contribution in [0.2, 0.25) is 0 Å². The van der Waals surface area contributed by atoms with Gasteiger partial charge in [-0.1, -0.05) is 18.2 Å². The van der Waals surface area contributed by atoms with Crippen LogP contribution in [0.1, 0.15) is 29.4 Å². The first kappa shape index (κ1) is 20.6. The standard InChI is InChI=1S/C22H26N4O3S/c1-15-14-30-21(23-15)12-22(28)26-9-7-25(8-10-26)13-20(27)24-16(2)19-11-17-5-3-4-6-18(17)29-19/h3-6,11,14,16H,7-10,12-13H2,1-2H3,(H,24,27)/t16-/m0/s1. The minimum absolute atomic E-state index is 0.0407. The summed E-state index contributed by atoms with van der Waals surface area (Å²) in [7, 11) is 0. The number of nitrogens with zero attached hydrogens (tertiary/aromatic N) is 3. The summed E-state index contributed by atoms with van der Waals surface area (Å²) in [5.41, 5.74) is 1.78. The van der Waals surface area contributed by atoms with Gasteiger partial charge in [0.15, 0.2) is 0 Å².